The largest absolute Gasteiger partial charge is 0.316 e. The van der Waals surface area contributed by atoms with Crippen LogP contribution in [-0.2, 0) is 19.4 Å². The van der Waals surface area contributed by atoms with Crippen LogP contribution in [0.2, 0.25) is 0 Å². The number of thiazole rings is 1. The molecule has 1 aliphatic rings. The Labute approximate surface area is 173 Å². The molecule has 148 valence electrons. The predicted molar refractivity (Wildman–Crippen MR) is 115 cm³/mol. The number of hydrogen-bond acceptors (Lipinski definition) is 6. The lowest BCUT2D eigenvalue weighted by molar-refractivity contribution is 0.635. The van der Waals surface area contributed by atoms with Crippen LogP contribution in [0.4, 0.5) is 10.9 Å². The number of pyridine rings is 1. The number of rotatable bonds is 5. The van der Waals surface area contributed by atoms with E-state index in [0.717, 1.165) is 53.1 Å². The second-order valence-electron chi connectivity index (χ2n) is 7.29. The summed E-state index contributed by atoms with van der Waals surface area (Å²) in [5.41, 5.74) is 5.50. The minimum Gasteiger partial charge on any atom is -0.316 e. The lowest BCUT2D eigenvalue weighted by Crippen LogP contribution is -2.04. The Balaban J connectivity index is 1.38. The molecule has 29 heavy (non-hydrogen) atoms. The quantitative estimate of drug-likeness (QED) is 0.528. The Morgan fingerprint density at radius 2 is 2.07 bits per heavy atom. The summed E-state index contributed by atoms with van der Waals surface area (Å²) in [6, 6.07) is 4.04. The van der Waals surface area contributed by atoms with Crippen molar-refractivity contribution >= 4 is 22.3 Å². The number of anilines is 2. The summed E-state index contributed by atoms with van der Waals surface area (Å²) in [6.45, 7) is 4.95. The van der Waals surface area contributed by atoms with E-state index in [1.54, 1.807) is 17.7 Å². The molecule has 0 bridgehead atoms. The topological polar surface area (TPSA) is 73.5 Å². The summed E-state index contributed by atoms with van der Waals surface area (Å²) in [4.78, 5) is 13.6. The van der Waals surface area contributed by atoms with Crippen molar-refractivity contribution in [3.05, 3.63) is 53.2 Å². The summed E-state index contributed by atoms with van der Waals surface area (Å²) in [6.07, 6.45) is 10.2. The molecule has 4 aromatic heterocycles. The lowest BCUT2D eigenvalue weighted by atomic mass is 9.97. The molecule has 0 amide bonds. The first-order chi connectivity index (χ1) is 14.2. The molecular formula is C21H23N7S. The van der Waals surface area contributed by atoms with Crippen LogP contribution in [0.3, 0.4) is 0 Å². The lowest BCUT2D eigenvalue weighted by Gasteiger charge is -2.12. The molecule has 0 radical (unpaired) electrons. The Kier molecular flexibility index (Phi) is 4.63. The maximum atomic E-state index is 4.79. The second-order valence-corrected chi connectivity index (χ2v) is 8.15. The van der Waals surface area contributed by atoms with Gasteiger partial charge in [0.15, 0.2) is 5.13 Å². The number of nitrogens with one attached hydrogen (secondary N) is 1. The molecule has 0 aliphatic heterocycles. The average molecular weight is 406 g/mol. The van der Waals surface area contributed by atoms with Gasteiger partial charge in [0.05, 0.1) is 17.1 Å². The third-order valence-electron chi connectivity index (χ3n) is 5.27. The van der Waals surface area contributed by atoms with Crippen molar-refractivity contribution in [2.24, 2.45) is 0 Å². The second kappa shape index (κ2) is 7.44. The van der Waals surface area contributed by atoms with E-state index in [1.165, 1.54) is 24.1 Å². The van der Waals surface area contributed by atoms with E-state index < -0.39 is 0 Å². The molecule has 0 saturated carbocycles. The minimum absolute atomic E-state index is 0.849. The molecule has 0 atom stereocenters. The van der Waals surface area contributed by atoms with Crippen molar-refractivity contribution in [2.75, 3.05) is 5.32 Å². The number of fused-ring (bicyclic) bond motifs is 1. The van der Waals surface area contributed by atoms with Crippen LogP contribution < -0.4 is 5.32 Å². The molecule has 7 nitrogen and oxygen atoms in total. The Morgan fingerprint density at radius 3 is 2.83 bits per heavy atom. The van der Waals surface area contributed by atoms with Crippen molar-refractivity contribution in [1.82, 2.24) is 29.3 Å². The van der Waals surface area contributed by atoms with Crippen LogP contribution >= 0.6 is 11.3 Å². The maximum Gasteiger partial charge on any atom is 0.188 e. The molecule has 1 N–H and O–H groups in total. The highest BCUT2D eigenvalue weighted by Crippen LogP contribution is 2.32. The number of aryl methyl sites for hydroxylation is 3. The fraction of sp³-hybridized carbons (Fsp3) is 0.333. The third kappa shape index (κ3) is 3.44. The van der Waals surface area contributed by atoms with Gasteiger partial charge in [0.25, 0.3) is 0 Å². The van der Waals surface area contributed by atoms with Gasteiger partial charge in [-0.1, -0.05) is 0 Å². The highest BCUT2D eigenvalue weighted by Gasteiger charge is 2.21. The van der Waals surface area contributed by atoms with Crippen molar-refractivity contribution in [2.45, 2.75) is 46.1 Å². The van der Waals surface area contributed by atoms with Crippen LogP contribution in [0.15, 0.2) is 36.2 Å². The van der Waals surface area contributed by atoms with Gasteiger partial charge >= 0.3 is 0 Å². The predicted octanol–water partition coefficient (Wildman–Crippen LogP) is 4.54. The minimum atomic E-state index is 0.849. The van der Waals surface area contributed by atoms with Gasteiger partial charge in [0, 0.05) is 35.4 Å². The average Bonchev–Trinajstić information content (AvgIpc) is 3.48. The molecule has 1 aliphatic carbocycles. The van der Waals surface area contributed by atoms with E-state index in [2.05, 4.69) is 38.3 Å². The number of aromatic nitrogens is 6. The summed E-state index contributed by atoms with van der Waals surface area (Å²) in [7, 11) is 0. The number of hydrogen-bond donors (Lipinski definition) is 1. The van der Waals surface area contributed by atoms with Crippen molar-refractivity contribution < 1.29 is 0 Å². The van der Waals surface area contributed by atoms with E-state index in [0.29, 0.717) is 0 Å². The summed E-state index contributed by atoms with van der Waals surface area (Å²) >= 11 is 1.61. The molecule has 0 spiro atoms. The standard InChI is InChI=1S/C21H23N7S/c1-3-28-20(16-6-4-5-7-17(16)26-28)25-21-24-18(12-29-21)15-8-9-19(22-10-15)27-11-14(2)23-13-27/h8-13H,3-7H2,1-2H3,(H,24,25). The molecule has 0 unspecified atom stereocenters. The van der Waals surface area contributed by atoms with Gasteiger partial charge in [0.2, 0.25) is 0 Å². The first-order valence-electron chi connectivity index (χ1n) is 10.00. The van der Waals surface area contributed by atoms with Crippen LogP contribution in [0.25, 0.3) is 17.1 Å². The Morgan fingerprint density at radius 1 is 1.17 bits per heavy atom. The maximum absolute atomic E-state index is 4.79. The van der Waals surface area contributed by atoms with Crippen molar-refractivity contribution in [3.63, 3.8) is 0 Å². The van der Waals surface area contributed by atoms with Crippen LogP contribution in [0, 0.1) is 6.92 Å². The molecular weight excluding hydrogens is 382 g/mol. The molecule has 8 heteroatoms. The van der Waals surface area contributed by atoms with Crippen molar-refractivity contribution in [3.8, 4) is 17.1 Å². The van der Waals surface area contributed by atoms with Gasteiger partial charge in [-0.2, -0.15) is 5.10 Å². The molecule has 0 saturated heterocycles. The SMILES string of the molecule is CCn1nc2c(c1Nc1nc(-c3ccc(-n4cnc(C)c4)nc3)cs1)CCCC2. The fourth-order valence-electron chi connectivity index (χ4n) is 3.78. The monoisotopic (exact) mass is 405 g/mol. The Bertz CT molecular complexity index is 1140. The van der Waals surface area contributed by atoms with E-state index in [-0.39, 0.29) is 0 Å². The zero-order valence-corrected chi connectivity index (χ0v) is 17.4. The summed E-state index contributed by atoms with van der Waals surface area (Å²) in [5.74, 6) is 1.95. The Hall–Kier alpha value is -3.00. The van der Waals surface area contributed by atoms with E-state index >= 15 is 0 Å². The zero-order valence-electron chi connectivity index (χ0n) is 16.6. The van der Waals surface area contributed by atoms with E-state index in [1.807, 2.05) is 30.0 Å². The number of imidazole rings is 1. The van der Waals surface area contributed by atoms with Gasteiger partial charge in [-0.05, 0) is 51.7 Å². The van der Waals surface area contributed by atoms with E-state index in [9.17, 15) is 0 Å². The first-order valence-corrected chi connectivity index (χ1v) is 10.9. The molecule has 0 aromatic carbocycles. The number of nitrogens with zero attached hydrogens (tertiary/aromatic N) is 6. The highest BCUT2D eigenvalue weighted by atomic mass is 32.1. The van der Waals surface area contributed by atoms with Gasteiger partial charge < -0.3 is 5.32 Å². The van der Waals surface area contributed by atoms with E-state index in [4.69, 9.17) is 10.1 Å². The zero-order chi connectivity index (χ0) is 19.8. The van der Waals surface area contributed by atoms with Crippen molar-refractivity contribution in [1.29, 1.82) is 0 Å². The first kappa shape index (κ1) is 18.1. The molecule has 4 aromatic rings. The smallest absolute Gasteiger partial charge is 0.188 e. The molecule has 4 heterocycles. The normalized spacial score (nSPS) is 13.4. The summed E-state index contributed by atoms with van der Waals surface area (Å²) < 4.78 is 3.99. The van der Waals surface area contributed by atoms with Gasteiger partial charge in [0.1, 0.15) is 18.0 Å². The fourth-order valence-corrected chi connectivity index (χ4v) is 4.50. The molecule has 5 rings (SSSR count). The van der Waals surface area contributed by atoms with Gasteiger partial charge in [-0.3, -0.25) is 4.57 Å². The third-order valence-corrected chi connectivity index (χ3v) is 6.03. The van der Waals surface area contributed by atoms with Gasteiger partial charge in [-0.25, -0.2) is 19.6 Å². The summed E-state index contributed by atoms with van der Waals surface area (Å²) in [5, 5.41) is 11.3. The van der Waals surface area contributed by atoms with Gasteiger partial charge in [-0.15, -0.1) is 11.3 Å². The molecule has 0 fully saturated rings. The van der Waals surface area contributed by atoms with Crippen LogP contribution in [-0.4, -0.2) is 29.3 Å². The highest BCUT2D eigenvalue weighted by molar-refractivity contribution is 7.14. The van der Waals surface area contributed by atoms with Crippen LogP contribution in [0.1, 0.15) is 36.7 Å². The van der Waals surface area contributed by atoms with Crippen LogP contribution in [0.5, 0.6) is 0 Å².